The molecule has 6 nitrogen and oxygen atoms in total. The van der Waals surface area contributed by atoms with Gasteiger partial charge in [0.2, 0.25) is 0 Å². The number of carbonyl (C=O) groups is 4. The first-order valence-corrected chi connectivity index (χ1v) is 8.20. The Balaban J connectivity index is 0.000000523. The summed E-state index contributed by atoms with van der Waals surface area (Å²) in [7, 11) is 0. The maximum Gasteiger partial charge on any atom is 2.00 e. The fourth-order valence-corrected chi connectivity index (χ4v) is 1.88. The SMILES string of the molecule is C/C(=C\C(=O)c1ccccc1)C(=O)[O-].C/C(=C\C(=O)c1ccccc1)C(=O)[O-].[Ca+2]. The van der Waals surface area contributed by atoms with Crippen molar-refractivity contribution in [2.24, 2.45) is 0 Å². The van der Waals surface area contributed by atoms with Crippen LogP contribution in [0, 0.1) is 0 Å². The zero-order valence-corrected chi connectivity index (χ0v) is 18.3. The first-order chi connectivity index (χ1) is 13.2. The van der Waals surface area contributed by atoms with Crippen molar-refractivity contribution in [3.8, 4) is 0 Å². The summed E-state index contributed by atoms with van der Waals surface area (Å²) in [6, 6.07) is 16.9. The zero-order chi connectivity index (χ0) is 21.1. The Kier molecular flexibility index (Phi) is 12.4. The summed E-state index contributed by atoms with van der Waals surface area (Å²) in [6.45, 7) is 2.66. The van der Waals surface area contributed by atoms with Crippen LogP contribution in [0.2, 0.25) is 0 Å². The summed E-state index contributed by atoms with van der Waals surface area (Å²) < 4.78 is 0. The molecule has 0 aliphatic heterocycles. The molecule has 0 N–H and O–H groups in total. The minimum absolute atomic E-state index is 0. The molecule has 2 aromatic rings. The number of carboxylic acid groups (broad SMARTS) is 2. The molecule has 2 rings (SSSR count). The number of carbonyl (C=O) groups excluding carboxylic acids is 4. The molecule has 0 unspecified atom stereocenters. The first kappa shape index (κ1) is 26.5. The fourth-order valence-electron chi connectivity index (χ4n) is 1.88. The molecule has 0 aliphatic rings. The van der Waals surface area contributed by atoms with Crippen LogP contribution in [0.4, 0.5) is 0 Å². The molecular weight excluding hydrogens is 400 g/mol. The summed E-state index contributed by atoms with van der Waals surface area (Å²) >= 11 is 0. The molecule has 144 valence electrons. The summed E-state index contributed by atoms with van der Waals surface area (Å²) in [5.74, 6) is -3.30. The Morgan fingerprint density at radius 1 is 0.621 bits per heavy atom. The molecule has 0 heterocycles. The van der Waals surface area contributed by atoms with Gasteiger partial charge in [-0.25, -0.2) is 0 Å². The van der Waals surface area contributed by atoms with Gasteiger partial charge in [-0.15, -0.1) is 0 Å². The van der Waals surface area contributed by atoms with Crippen LogP contribution in [0.5, 0.6) is 0 Å². The Bertz CT molecular complexity index is 837. The molecule has 29 heavy (non-hydrogen) atoms. The van der Waals surface area contributed by atoms with Crippen molar-refractivity contribution in [2.45, 2.75) is 13.8 Å². The Labute approximate surface area is 198 Å². The van der Waals surface area contributed by atoms with E-state index in [9.17, 15) is 29.4 Å². The van der Waals surface area contributed by atoms with Gasteiger partial charge in [-0.1, -0.05) is 60.7 Å². The first-order valence-electron chi connectivity index (χ1n) is 8.20. The minimum atomic E-state index is -1.32. The van der Waals surface area contributed by atoms with Crippen LogP contribution in [0.15, 0.2) is 84.0 Å². The van der Waals surface area contributed by atoms with Gasteiger partial charge in [-0.3, -0.25) is 9.59 Å². The number of allylic oxidation sites excluding steroid dienone is 2. The Morgan fingerprint density at radius 3 is 1.14 bits per heavy atom. The Morgan fingerprint density at radius 2 is 0.897 bits per heavy atom. The van der Waals surface area contributed by atoms with Crippen molar-refractivity contribution in [3.63, 3.8) is 0 Å². The van der Waals surface area contributed by atoms with E-state index in [1.54, 1.807) is 60.7 Å². The largest absolute Gasteiger partial charge is 2.00 e. The van der Waals surface area contributed by atoms with E-state index < -0.39 is 11.9 Å². The molecule has 0 aliphatic carbocycles. The van der Waals surface area contributed by atoms with E-state index in [0.29, 0.717) is 11.1 Å². The normalized spacial score (nSPS) is 10.7. The molecule has 0 spiro atoms. The molecule has 2 aromatic carbocycles. The molecule has 0 bridgehead atoms. The second-order valence-electron chi connectivity index (χ2n) is 5.69. The molecular formula is C22H18CaO6. The maximum absolute atomic E-state index is 11.4. The van der Waals surface area contributed by atoms with Crippen LogP contribution < -0.4 is 10.2 Å². The quantitative estimate of drug-likeness (QED) is 0.388. The number of carboxylic acids is 2. The van der Waals surface area contributed by atoms with Gasteiger partial charge in [0.25, 0.3) is 0 Å². The smallest absolute Gasteiger partial charge is 0.545 e. The van der Waals surface area contributed by atoms with Crippen LogP contribution in [-0.2, 0) is 9.59 Å². The zero-order valence-electron chi connectivity index (χ0n) is 16.1. The summed E-state index contributed by atoms with van der Waals surface area (Å²) in [4.78, 5) is 43.5. The second-order valence-corrected chi connectivity index (χ2v) is 5.69. The number of ketones is 2. The molecule has 0 amide bonds. The van der Waals surface area contributed by atoms with Crippen molar-refractivity contribution in [3.05, 3.63) is 95.1 Å². The van der Waals surface area contributed by atoms with Crippen LogP contribution in [0.25, 0.3) is 0 Å². The monoisotopic (exact) mass is 418 g/mol. The number of benzene rings is 2. The Hall–Kier alpha value is -2.54. The topological polar surface area (TPSA) is 114 Å². The van der Waals surface area contributed by atoms with Crippen LogP contribution in [0.3, 0.4) is 0 Å². The average molecular weight is 418 g/mol. The summed E-state index contributed by atoms with van der Waals surface area (Å²) in [6.07, 6.45) is 2.12. The predicted molar refractivity (Wildman–Crippen MR) is 105 cm³/mol. The third kappa shape index (κ3) is 9.99. The summed E-state index contributed by atoms with van der Waals surface area (Å²) in [5.41, 5.74) is 0.791. The van der Waals surface area contributed by atoms with Gasteiger partial charge in [0, 0.05) is 11.1 Å². The standard InChI is InChI=1S/2C11H10O3.Ca/c2*1-8(11(13)14)7-10(12)9-5-3-2-4-6-9;/h2*2-7H,1H3,(H,13,14);/q;;+2/p-2/b2*8-7+;. The molecule has 0 saturated heterocycles. The van der Waals surface area contributed by atoms with Gasteiger partial charge in [-0.05, 0) is 37.1 Å². The van der Waals surface area contributed by atoms with Gasteiger partial charge in [0.05, 0.1) is 11.9 Å². The molecule has 0 aromatic heterocycles. The van der Waals surface area contributed by atoms with Gasteiger partial charge in [0.15, 0.2) is 11.6 Å². The van der Waals surface area contributed by atoms with Crippen molar-refractivity contribution in [1.82, 2.24) is 0 Å². The predicted octanol–water partition coefficient (Wildman–Crippen LogP) is 0.750. The summed E-state index contributed by atoms with van der Waals surface area (Å²) in [5, 5.41) is 20.7. The van der Waals surface area contributed by atoms with Gasteiger partial charge >= 0.3 is 37.7 Å². The van der Waals surface area contributed by atoms with Crippen LogP contribution in [-0.4, -0.2) is 61.2 Å². The molecule has 0 saturated carbocycles. The minimum Gasteiger partial charge on any atom is -0.545 e. The van der Waals surface area contributed by atoms with Gasteiger partial charge < -0.3 is 19.8 Å². The van der Waals surface area contributed by atoms with E-state index in [2.05, 4.69) is 0 Å². The molecule has 7 heteroatoms. The van der Waals surface area contributed by atoms with Crippen molar-refractivity contribution < 1.29 is 29.4 Å². The van der Waals surface area contributed by atoms with Crippen molar-refractivity contribution in [2.75, 3.05) is 0 Å². The van der Waals surface area contributed by atoms with E-state index in [-0.39, 0.29) is 60.5 Å². The van der Waals surface area contributed by atoms with Gasteiger partial charge in [-0.2, -0.15) is 0 Å². The molecule has 0 fully saturated rings. The van der Waals surface area contributed by atoms with E-state index in [4.69, 9.17) is 0 Å². The fraction of sp³-hybridized carbons (Fsp3) is 0.0909. The van der Waals surface area contributed by atoms with E-state index >= 15 is 0 Å². The third-order valence-electron chi connectivity index (χ3n) is 3.46. The van der Waals surface area contributed by atoms with E-state index in [1.165, 1.54) is 13.8 Å². The molecule has 0 atom stereocenters. The van der Waals surface area contributed by atoms with E-state index in [1.807, 2.05) is 0 Å². The maximum atomic E-state index is 11.4. The van der Waals surface area contributed by atoms with Crippen LogP contribution in [0.1, 0.15) is 34.6 Å². The second kappa shape index (κ2) is 13.6. The van der Waals surface area contributed by atoms with Crippen LogP contribution >= 0.6 is 0 Å². The number of hydrogen-bond acceptors (Lipinski definition) is 6. The number of rotatable bonds is 6. The van der Waals surface area contributed by atoms with Crippen molar-refractivity contribution >= 4 is 61.2 Å². The third-order valence-corrected chi connectivity index (χ3v) is 3.46. The average Bonchev–Trinajstić information content (AvgIpc) is 2.69. The van der Waals surface area contributed by atoms with Gasteiger partial charge in [0.1, 0.15) is 0 Å². The number of aliphatic carboxylic acids is 2. The number of hydrogen-bond donors (Lipinski definition) is 0. The van der Waals surface area contributed by atoms with Crippen molar-refractivity contribution in [1.29, 1.82) is 0 Å². The molecule has 0 radical (unpaired) electrons. The van der Waals surface area contributed by atoms with E-state index in [0.717, 1.165) is 12.2 Å².